The minimum atomic E-state index is -0.599. The van der Waals surface area contributed by atoms with Gasteiger partial charge >= 0.3 is 0 Å². The van der Waals surface area contributed by atoms with Crippen molar-refractivity contribution in [3.8, 4) is 0 Å². The molecule has 15 aromatic rings. The van der Waals surface area contributed by atoms with Crippen molar-refractivity contribution in [2.24, 2.45) is 28.2 Å². The molecule has 0 aliphatic rings. The second-order valence-electron chi connectivity index (χ2n) is 27.5. The van der Waals surface area contributed by atoms with Crippen molar-refractivity contribution in [3.63, 3.8) is 0 Å². The Morgan fingerprint density at radius 1 is 0.366 bits per heavy atom. The van der Waals surface area contributed by atoms with Crippen LogP contribution >= 0.6 is 0 Å². The van der Waals surface area contributed by atoms with Gasteiger partial charge in [-0.1, -0.05) is 127 Å². The lowest BCUT2D eigenvalue weighted by Gasteiger charge is -2.06. The number of fused-ring (bicyclic) bond motifs is 6. The highest BCUT2D eigenvalue weighted by Gasteiger charge is 2.14. The molecular formula is C91H91N19O13. The maximum Gasteiger partial charge on any atom is 0.267 e. The second kappa shape index (κ2) is 45.3. The molecule has 32 nitrogen and oxygen atoms in total. The number of hydroxylamine groups is 6. The summed E-state index contributed by atoms with van der Waals surface area (Å²) in [6, 6.07) is 64.5. The Morgan fingerprint density at radius 2 is 0.756 bits per heavy atom. The summed E-state index contributed by atoms with van der Waals surface area (Å²) in [5, 5.41) is 53.4. The molecule has 0 saturated heterocycles. The van der Waals surface area contributed by atoms with Crippen molar-refractivity contribution in [3.05, 3.63) is 323 Å². The number of amides is 7. The van der Waals surface area contributed by atoms with Crippen LogP contribution < -0.4 is 38.2 Å². The highest BCUT2D eigenvalue weighted by atomic mass is 16.5. The fourth-order valence-corrected chi connectivity index (χ4v) is 12.5. The van der Waals surface area contributed by atoms with Gasteiger partial charge in [-0.15, -0.1) is 0 Å². The summed E-state index contributed by atoms with van der Waals surface area (Å²) in [4.78, 5) is 110. The zero-order valence-corrected chi connectivity index (χ0v) is 67.6. The van der Waals surface area contributed by atoms with Crippen LogP contribution in [0.15, 0.2) is 249 Å². The van der Waals surface area contributed by atoms with Gasteiger partial charge in [0.05, 0.1) is 91.8 Å². The number of imidazole rings is 6. The van der Waals surface area contributed by atoms with E-state index in [2.05, 4.69) is 81.2 Å². The number of hydrogen-bond acceptors (Lipinski definition) is 19. The number of aromatic nitrogens is 12. The largest absolute Gasteiger partial charge is 0.349 e. The lowest BCUT2D eigenvalue weighted by molar-refractivity contribution is -0.124. The predicted octanol–water partition coefficient (Wildman–Crippen LogP) is 11.7. The molecule has 628 valence electrons. The van der Waals surface area contributed by atoms with Crippen LogP contribution in [0.5, 0.6) is 0 Å². The second-order valence-corrected chi connectivity index (χ2v) is 27.5. The summed E-state index contributed by atoms with van der Waals surface area (Å²) in [5.41, 5.74) is 29.0. The molecule has 15 rings (SSSR count). The molecular weight excluding hydrogens is 1570 g/mol. The van der Waals surface area contributed by atoms with Gasteiger partial charge in [0.15, 0.2) is 0 Å². The molecule has 15 N–H and O–H groups in total. The number of rotatable bonds is 23. The van der Waals surface area contributed by atoms with Crippen molar-refractivity contribution < 1.29 is 64.8 Å². The summed E-state index contributed by atoms with van der Waals surface area (Å²) >= 11 is 0. The monoisotopic (exact) mass is 1660 g/mol. The van der Waals surface area contributed by atoms with Gasteiger partial charge in [-0.25, -0.2) is 62.8 Å². The Morgan fingerprint density at radius 3 is 1.24 bits per heavy atom. The number of aryl methyl sites for hydroxylation is 9. The van der Waals surface area contributed by atoms with Gasteiger partial charge in [-0.2, -0.15) is 0 Å². The van der Waals surface area contributed by atoms with Crippen LogP contribution in [-0.4, -0.2) is 131 Å². The van der Waals surface area contributed by atoms with Crippen molar-refractivity contribution in [2.45, 2.75) is 52.0 Å². The zero-order chi connectivity index (χ0) is 87.6. The Balaban J connectivity index is 0.000000157. The van der Waals surface area contributed by atoms with E-state index in [1.807, 2.05) is 213 Å². The van der Waals surface area contributed by atoms with E-state index >= 15 is 0 Å². The van der Waals surface area contributed by atoms with Crippen molar-refractivity contribution in [1.82, 2.24) is 96.3 Å². The summed E-state index contributed by atoms with van der Waals surface area (Å²) in [6.45, 7) is 2.27. The molecule has 6 heterocycles. The number of nitrogens with one attached hydrogen (secondary N) is 9. The average Bonchev–Trinajstić information content (AvgIpc) is 1.65. The summed E-state index contributed by atoms with van der Waals surface area (Å²) in [7, 11) is 7.80. The molecule has 6 aromatic heterocycles. The first-order chi connectivity index (χ1) is 59.6. The van der Waals surface area contributed by atoms with Gasteiger partial charge in [-0.3, -0.25) is 64.8 Å². The first-order valence-electron chi connectivity index (χ1n) is 38.4. The van der Waals surface area contributed by atoms with Crippen LogP contribution in [0.25, 0.3) is 103 Å². The molecule has 123 heavy (non-hydrogen) atoms. The molecule has 0 aliphatic carbocycles. The number of H-pyrrole nitrogens is 2. The molecule has 0 radical (unpaired) electrons. The summed E-state index contributed by atoms with van der Waals surface area (Å²) in [5.74, 6) is 0.238. The van der Waals surface area contributed by atoms with Crippen molar-refractivity contribution in [2.75, 3.05) is 0 Å². The van der Waals surface area contributed by atoms with Gasteiger partial charge in [0.2, 0.25) is 5.91 Å². The highest BCUT2D eigenvalue weighted by Crippen LogP contribution is 2.24. The third kappa shape index (κ3) is 26.9. The third-order valence-corrected chi connectivity index (χ3v) is 18.9. The van der Waals surface area contributed by atoms with E-state index in [-0.39, 0.29) is 5.91 Å². The fraction of sp³-hybridized carbons (Fsp3) is 0.132. The molecule has 0 atom stereocenters. The van der Waals surface area contributed by atoms with Gasteiger partial charge < -0.3 is 33.6 Å². The van der Waals surface area contributed by atoms with E-state index in [4.69, 9.17) is 36.2 Å². The summed E-state index contributed by atoms with van der Waals surface area (Å²) in [6.07, 6.45) is 25.7. The van der Waals surface area contributed by atoms with Crippen LogP contribution in [0.1, 0.15) is 79.8 Å². The number of benzene rings is 9. The molecule has 0 fully saturated rings. The maximum atomic E-state index is 12.1. The number of hydrogen-bond donors (Lipinski definition) is 15. The standard InChI is InChI=1S/C20H20N4O3.C20H21N3O2.C18H17N3O2.C12H13N3O2.C11H11N3O2.C10H9N3O2/c1-24-17-9-7-15(8-10-19(25)23-27)11-16(17)22-18(24)13-21-20(26)12-14-5-3-2-4-6-14;1-23-18-12-10-16(11-13-20(24)22-25)14-17(18)21-19(23)9-5-8-15-6-3-2-4-7-15;22-18(21-23)11-8-14-6-9-15-16(12-14)20-17(19-15)10-7-13-4-2-1-3-5-13;1-8-13-10-7-9(4-6-12(16)14-17)3-5-11(10)15(8)2;1-14-7-12-9-6-8(2-4-10(9)14)3-5-11(15)13-16;14-10(13-15)4-2-7-1-3-8-9(5-7)12-6-11-8/h2-11,27H,12-13H2,1H3,(H,21,26)(H,23,25);2-4,6-7,10-14,25H,5,8-9H2,1H3,(H,22,24);1-6,8-9,11-12,23H,7,10H2,(H,19,20)(H,21,22);3-7,17H,1-2H3,(H,14,16);2-7,16H,1H3,(H,13,15);1-6,15H,(H,11,12)(H,13,14)/b10-8+;13-11+;11-8+;6-4+;5-3+;4-2+. The highest BCUT2D eigenvalue weighted by molar-refractivity contribution is 5.96. The number of carbonyl (C=O) groups is 7. The lowest BCUT2D eigenvalue weighted by atomic mass is 10.1. The first-order valence-corrected chi connectivity index (χ1v) is 38.4. The Hall–Kier alpha value is -15.7. The number of aromatic amines is 2. The van der Waals surface area contributed by atoms with Crippen LogP contribution in [-0.2, 0) is 100 Å². The smallest absolute Gasteiger partial charge is 0.267 e. The van der Waals surface area contributed by atoms with Gasteiger partial charge in [-0.05, 0) is 186 Å². The van der Waals surface area contributed by atoms with Crippen LogP contribution in [0.4, 0.5) is 0 Å². The number of nitrogens with zero attached hydrogens (tertiary/aromatic N) is 10. The Bertz CT molecular complexity index is 6360. The normalized spacial score (nSPS) is 11.1. The zero-order valence-electron chi connectivity index (χ0n) is 67.6. The molecule has 0 spiro atoms. The minimum absolute atomic E-state index is 0.0631. The fourth-order valence-electron chi connectivity index (χ4n) is 12.5. The van der Waals surface area contributed by atoms with Gasteiger partial charge in [0, 0.05) is 77.5 Å². The average molecular weight is 1660 g/mol. The van der Waals surface area contributed by atoms with Crippen LogP contribution in [0.2, 0.25) is 0 Å². The van der Waals surface area contributed by atoms with E-state index in [1.54, 1.807) is 71.0 Å². The minimum Gasteiger partial charge on any atom is -0.349 e. The van der Waals surface area contributed by atoms with E-state index in [1.165, 1.54) is 58.5 Å². The predicted molar refractivity (Wildman–Crippen MR) is 468 cm³/mol. The molecule has 7 amide bonds. The van der Waals surface area contributed by atoms with Crippen LogP contribution in [0.3, 0.4) is 0 Å². The van der Waals surface area contributed by atoms with Crippen molar-refractivity contribution in [1.29, 1.82) is 0 Å². The Labute approximate surface area is 704 Å². The number of carbonyl (C=O) groups excluding carboxylic acids is 7. The molecule has 0 unspecified atom stereocenters. The SMILES string of the molecule is Cc1nc2cc(/C=C/C(=O)NO)ccc2n1C.Cn1c(CCCc2ccccc2)nc2cc(/C=C/C(=O)NO)ccc21.Cn1c(CNC(=O)Cc2ccccc2)nc2cc(/C=C/C(=O)NO)ccc21.Cn1cnc2cc(/C=C/C(=O)NO)ccc21.O=C(/C=C/c1ccc2nc(CCc3ccccc3)[nH]c2c1)NO.O=C(/C=C/c1ccc2nc[nH]c2c1)NO. The van der Waals surface area contributed by atoms with Crippen LogP contribution in [0, 0.1) is 6.92 Å². The van der Waals surface area contributed by atoms with Gasteiger partial charge in [0.25, 0.3) is 35.4 Å². The molecule has 0 bridgehead atoms. The molecule has 32 heteroatoms. The molecule has 9 aromatic carbocycles. The molecule has 0 saturated carbocycles. The lowest BCUT2D eigenvalue weighted by Crippen LogP contribution is -2.25. The molecule has 0 aliphatic heterocycles. The topological polar surface area (TPSA) is 454 Å². The quantitative estimate of drug-likeness (QED) is 0.0161. The van der Waals surface area contributed by atoms with E-state index < -0.39 is 35.4 Å². The van der Waals surface area contributed by atoms with Gasteiger partial charge in [0.1, 0.15) is 23.3 Å². The summed E-state index contributed by atoms with van der Waals surface area (Å²) < 4.78 is 7.97. The third-order valence-electron chi connectivity index (χ3n) is 18.9. The maximum absolute atomic E-state index is 12.1. The van der Waals surface area contributed by atoms with E-state index in [0.717, 1.165) is 161 Å². The van der Waals surface area contributed by atoms with E-state index in [0.29, 0.717) is 13.0 Å². The van der Waals surface area contributed by atoms with Crippen molar-refractivity contribution >= 4 is 144 Å². The Kier molecular flexibility index (Phi) is 33.0. The first kappa shape index (κ1) is 89.6. The van der Waals surface area contributed by atoms with E-state index in [9.17, 15) is 33.6 Å².